The Balaban J connectivity index is 2.35. The predicted octanol–water partition coefficient (Wildman–Crippen LogP) is 1.65. The molecule has 20 heavy (non-hydrogen) atoms. The fourth-order valence-corrected chi connectivity index (χ4v) is 2.97. The zero-order valence-electron chi connectivity index (χ0n) is 10.3. The van der Waals surface area contributed by atoms with Crippen molar-refractivity contribution < 1.29 is 17.7 Å². The van der Waals surface area contributed by atoms with Crippen LogP contribution in [0.15, 0.2) is 38.4 Å². The number of hydrogen-bond donors (Lipinski definition) is 2. The quantitative estimate of drug-likeness (QED) is 0.864. The first-order chi connectivity index (χ1) is 9.29. The zero-order chi connectivity index (χ0) is 14.9. The summed E-state index contributed by atoms with van der Waals surface area (Å²) in [5.74, 6) is -0.470. The second kappa shape index (κ2) is 5.35. The molecule has 1 heterocycles. The Bertz CT molecular complexity index is 756. The van der Waals surface area contributed by atoms with Gasteiger partial charge in [0, 0.05) is 10.5 Å². The SMILES string of the molecule is Cc1cc(NC(=O)c2ccon2)c(Br)cc1S(N)(=O)=O. The van der Waals surface area contributed by atoms with Gasteiger partial charge in [-0.05, 0) is 40.5 Å². The molecule has 0 spiro atoms. The third-order valence-electron chi connectivity index (χ3n) is 2.49. The molecular formula is C11H10BrN3O4S. The highest BCUT2D eigenvalue weighted by molar-refractivity contribution is 9.10. The molecule has 9 heteroatoms. The Labute approximate surface area is 123 Å². The molecule has 0 fully saturated rings. The summed E-state index contributed by atoms with van der Waals surface area (Å²) in [6.45, 7) is 1.58. The van der Waals surface area contributed by atoms with E-state index in [1.54, 1.807) is 6.92 Å². The number of carbonyl (C=O) groups is 1. The Hall–Kier alpha value is -1.71. The Morgan fingerprint density at radius 3 is 2.70 bits per heavy atom. The largest absolute Gasteiger partial charge is 0.364 e. The number of aryl methyl sites for hydroxylation is 1. The minimum absolute atomic E-state index is 0.0104. The maximum atomic E-state index is 11.8. The summed E-state index contributed by atoms with van der Waals surface area (Å²) in [5.41, 5.74) is 0.944. The third kappa shape index (κ3) is 3.06. The summed E-state index contributed by atoms with van der Waals surface area (Å²) < 4.78 is 27.7. The Kier molecular flexibility index (Phi) is 3.93. The van der Waals surface area contributed by atoms with Crippen LogP contribution in [0.3, 0.4) is 0 Å². The van der Waals surface area contributed by atoms with E-state index < -0.39 is 15.9 Å². The first-order valence-corrected chi connectivity index (χ1v) is 7.67. The van der Waals surface area contributed by atoms with Gasteiger partial charge in [-0.25, -0.2) is 13.6 Å². The number of aromatic nitrogens is 1. The monoisotopic (exact) mass is 359 g/mol. The number of primary sulfonamides is 1. The molecule has 0 saturated carbocycles. The average molecular weight is 360 g/mol. The van der Waals surface area contributed by atoms with Crippen molar-refractivity contribution in [3.05, 3.63) is 40.2 Å². The lowest BCUT2D eigenvalue weighted by atomic mass is 10.2. The maximum absolute atomic E-state index is 11.8. The number of carbonyl (C=O) groups excluding carboxylic acids is 1. The van der Waals surface area contributed by atoms with Crippen LogP contribution in [-0.2, 0) is 10.0 Å². The van der Waals surface area contributed by atoms with Gasteiger partial charge in [0.1, 0.15) is 6.26 Å². The zero-order valence-corrected chi connectivity index (χ0v) is 12.7. The number of benzene rings is 1. The molecule has 0 aliphatic rings. The number of rotatable bonds is 3. The molecule has 0 saturated heterocycles. The lowest BCUT2D eigenvalue weighted by Gasteiger charge is -2.10. The van der Waals surface area contributed by atoms with Crippen molar-refractivity contribution in [2.45, 2.75) is 11.8 Å². The molecule has 2 rings (SSSR count). The van der Waals surface area contributed by atoms with Crippen LogP contribution in [0.5, 0.6) is 0 Å². The van der Waals surface area contributed by atoms with E-state index in [-0.39, 0.29) is 10.6 Å². The molecule has 0 unspecified atom stereocenters. The number of halogens is 1. The number of amides is 1. The molecule has 1 aromatic carbocycles. The summed E-state index contributed by atoms with van der Waals surface area (Å²) in [5, 5.41) is 11.2. The minimum atomic E-state index is -3.81. The standard InChI is InChI=1S/C11H10BrN3O4S/c1-6-4-9(7(12)5-10(6)20(13,17)18)14-11(16)8-2-3-19-15-8/h2-5H,1H3,(H,14,16)(H2,13,17,18). The van der Waals surface area contributed by atoms with Crippen LogP contribution in [0, 0.1) is 6.92 Å². The van der Waals surface area contributed by atoms with E-state index in [0.717, 1.165) is 0 Å². The van der Waals surface area contributed by atoms with Gasteiger partial charge in [-0.3, -0.25) is 4.79 Å². The summed E-state index contributed by atoms with van der Waals surface area (Å²) in [6.07, 6.45) is 1.28. The van der Waals surface area contributed by atoms with Crippen LogP contribution >= 0.6 is 15.9 Å². The number of nitrogens with two attached hydrogens (primary N) is 1. The maximum Gasteiger partial charge on any atom is 0.277 e. The summed E-state index contributed by atoms with van der Waals surface area (Å²) in [7, 11) is -3.81. The van der Waals surface area contributed by atoms with E-state index >= 15 is 0 Å². The van der Waals surface area contributed by atoms with E-state index in [4.69, 9.17) is 5.14 Å². The van der Waals surface area contributed by atoms with Gasteiger partial charge in [-0.15, -0.1) is 0 Å². The summed E-state index contributed by atoms with van der Waals surface area (Å²) in [4.78, 5) is 11.8. The molecule has 0 radical (unpaired) electrons. The number of nitrogens with zero attached hydrogens (tertiary/aromatic N) is 1. The number of hydrogen-bond acceptors (Lipinski definition) is 5. The van der Waals surface area contributed by atoms with Crippen molar-refractivity contribution in [1.29, 1.82) is 0 Å². The molecule has 0 aliphatic carbocycles. The molecule has 1 amide bonds. The van der Waals surface area contributed by atoms with Crippen molar-refractivity contribution in [2.75, 3.05) is 5.32 Å². The van der Waals surface area contributed by atoms with Gasteiger partial charge in [0.05, 0.1) is 10.6 Å². The molecule has 106 valence electrons. The van der Waals surface area contributed by atoms with Crippen molar-refractivity contribution in [1.82, 2.24) is 5.16 Å². The average Bonchev–Trinajstić information content (AvgIpc) is 2.85. The van der Waals surface area contributed by atoms with Gasteiger partial charge < -0.3 is 9.84 Å². The van der Waals surface area contributed by atoms with Crippen molar-refractivity contribution in [3.8, 4) is 0 Å². The lowest BCUT2D eigenvalue weighted by molar-refractivity contribution is 0.101. The van der Waals surface area contributed by atoms with Gasteiger partial charge in [0.15, 0.2) is 5.69 Å². The number of anilines is 1. The summed E-state index contributed by atoms with van der Waals surface area (Å²) >= 11 is 3.19. The number of sulfonamides is 1. The molecule has 1 aromatic heterocycles. The van der Waals surface area contributed by atoms with E-state index in [2.05, 4.69) is 30.9 Å². The number of nitrogens with one attached hydrogen (secondary N) is 1. The van der Waals surface area contributed by atoms with Crippen LogP contribution < -0.4 is 10.5 Å². The lowest BCUT2D eigenvalue weighted by Crippen LogP contribution is -2.16. The topological polar surface area (TPSA) is 115 Å². The Morgan fingerprint density at radius 2 is 2.15 bits per heavy atom. The van der Waals surface area contributed by atoms with E-state index in [1.807, 2.05) is 0 Å². The van der Waals surface area contributed by atoms with Crippen molar-refractivity contribution in [3.63, 3.8) is 0 Å². The molecule has 3 N–H and O–H groups in total. The van der Waals surface area contributed by atoms with E-state index in [9.17, 15) is 13.2 Å². The second-order valence-corrected chi connectivity index (χ2v) is 6.37. The highest BCUT2D eigenvalue weighted by Gasteiger charge is 2.17. The highest BCUT2D eigenvalue weighted by Crippen LogP contribution is 2.28. The van der Waals surface area contributed by atoms with Crippen LogP contribution in [-0.4, -0.2) is 19.5 Å². The van der Waals surface area contributed by atoms with Gasteiger partial charge in [0.2, 0.25) is 10.0 Å². The fraction of sp³-hybridized carbons (Fsp3) is 0.0909. The van der Waals surface area contributed by atoms with Gasteiger partial charge >= 0.3 is 0 Å². The first-order valence-electron chi connectivity index (χ1n) is 5.33. The van der Waals surface area contributed by atoms with E-state index in [1.165, 1.54) is 24.5 Å². The van der Waals surface area contributed by atoms with E-state index in [0.29, 0.717) is 15.7 Å². The summed E-state index contributed by atoms with van der Waals surface area (Å²) in [6, 6.07) is 4.25. The van der Waals surface area contributed by atoms with Gasteiger partial charge in [-0.2, -0.15) is 0 Å². The molecule has 0 bridgehead atoms. The van der Waals surface area contributed by atoms with Crippen LogP contribution in [0.4, 0.5) is 5.69 Å². The third-order valence-corrected chi connectivity index (χ3v) is 4.20. The predicted molar refractivity (Wildman–Crippen MR) is 74.7 cm³/mol. The van der Waals surface area contributed by atoms with Crippen molar-refractivity contribution in [2.24, 2.45) is 5.14 Å². The van der Waals surface area contributed by atoms with Gasteiger partial charge in [0.25, 0.3) is 5.91 Å². The van der Waals surface area contributed by atoms with Gasteiger partial charge in [-0.1, -0.05) is 5.16 Å². The Morgan fingerprint density at radius 1 is 1.45 bits per heavy atom. The fourth-order valence-electron chi connectivity index (χ4n) is 1.58. The molecular weight excluding hydrogens is 350 g/mol. The van der Waals surface area contributed by atoms with Crippen molar-refractivity contribution >= 4 is 37.5 Å². The van der Waals surface area contributed by atoms with Crippen LogP contribution in [0.25, 0.3) is 0 Å². The highest BCUT2D eigenvalue weighted by atomic mass is 79.9. The molecule has 7 nitrogen and oxygen atoms in total. The van der Waals surface area contributed by atoms with Crippen LogP contribution in [0.1, 0.15) is 16.1 Å². The van der Waals surface area contributed by atoms with Crippen LogP contribution in [0.2, 0.25) is 0 Å². The second-order valence-electron chi connectivity index (χ2n) is 3.98. The normalized spacial score (nSPS) is 11.3. The smallest absolute Gasteiger partial charge is 0.277 e. The molecule has 0 atom stereocenters. The first kappa shape index (κ1) is 14.7. The minimum Gasteiger partial charge on any atom is -0.364 e. The molecule has 0 aliphatic heterocycles. The molecule has 2 aromatic rings.